The van der Waals surface area contributed by atoms with Crippen LogP contribution in [0.1, 0.15) is 32.1 Å². The minimum absolute atomic E-state index is 0.432. The van der Waals surface area contributed by atoms with E-state index in [4.69, 9.17) is 11.6 Å². The summed E-state index contributed by atoms with van der Waals surface area (Å²) in [4.78, 5) is 10.9. The van der Waals surface area contributed by atoms with Gasteiger partial charge < -0.3 is 0 Å². The SMILES string of the molecule is O=C1CCCC(CCCl)C1. The molecule has 0 N–H and O–H groups in total. The molecule has 58 valence electrons. The van der Waals surface area contributed by atoms with Gasteiger partial charge in [-0.2, -0.15) is 0 Å². The smallest absolute Gasteiger partial charge is 0.133 e. The van der Waals surface area contributed by atoms with E-state index in [9.17, 15) is 4.79 Å². The van der Waals surface area contributed by atoms with Crippen molar-refractivity contribution < 1.29 is 4.79 Å². The van der Waals surface area contributed by atoms with Crippen LogP contribution < -0.4 is 0 Å². The molecule has 10 heavy (non-hydrogen) atoms. The maximum absolute atomic E-state index is 10.9. The van der Waals surface area contributed by atoms with Gasteiger partial charge in [-0.15, -0.1) is 11.6 Å². The summed E-state index contributed by atoms with van der Waals surface area (Å²) in [6.45, 7) is 0. The lowest BCUT2D eigenvalue weighted by molar-refractivity contribution is -0.121. The normalized spacial score (nSPS) is 26.9. The molecule has 1 unspecified atom stereocenters. The van der Waals surface area contributed by atoms with Crippen LogP contribution in [0.15, 0.2) is 0 Å². The predicted octanol–water partition coefficient (Wildman–Crippen LogP) is 2.37. The zero-order valence-electron chi connectivity index (χ0n) is 6.11. The highest BCUT2D eigenvalue weighted by Crippen LogP contribution is 2.24. The Labute approximate surface area is 66.8 Å². The highest BCUT2D eigenvalue weighted by molar-refractivity contribution is 6.17. The van der Waals surface area contributed by atoms with E-state index < -0.39 is 0 Å². The second-order valence-corrected chi connectivity index (χ2v) is 3.36. The second kappa shape index (κ2) is 3.97. The third-order valence-electron chi connectivity index (χ3n) is 2.10. The van der Waals surface area contributed by atoms with Crippen LogP contribution >= 0.6 is 11.6 Å². The number of carbonyl (C=O) groups is 1. The van der Waals surface area contributed by atoms with Crippen LogP contribution in [0.5, 0.6) is 0 Å². The maximum atomic E-state index is 10.9. The molecule has 0 radical (unpaired) electrons. The molecular formula is C8H13ClO. The largest absolute Gasteiger partial charge is 0.300 e. The van der Waals surface area contributed by atoms with Crippen LogP contribution in [0.4, 0.5) is 0 Å². The summed E-state index contributed by atoms with van der Waals surface area (Å²) >= 11 is 5.57. The van der Waals surface area contributed by atoms with Gasteiger partial charge in [0.1, 0.15) is 5.78 Å². The molecule has 1 nitrogen and oxygen atoms in total. The summed E-state index contributed by atoms with van der Waals surface area (Å²) in [6.07, 6.45) is 4.90. The van der Waals surface area contributed by atoms with Gasteiger partial charge in [0.05, 0.1) is 0 Å². The second-order valence-electron chi connectivity index (χ2n) is 2.98. The number of carbonyl (C=O) groups excluding carboxylic acids is 1. The average molecular weight is 161 g/mol. The zero-order valence-corrected chi connectivity index (χ0v) is 6.86. The zero-order chi connectivity index (χ0) is 7.40. The summed E-state index contributed by atoms with van der Waals surface area (Å²) < 4.78 is 0. The minimum atomic E-state index is 0.432. The van der Waals surface area contributed by atoms with E-state index in [-0.39, 0.29) is 0 Å². The van der Waals surface area contributed by atoms with Gasteiger partial charge in [-0.25, -0.2) is 0 Å². The van der Waals surface area contributed by atoms with Gasteiger partial charge in [-0.3, -0.25) is 4.79 Å². The van der Waals surface area contributed by atoms with Gasteiger partial charge >= 0.3 is 0 Å². The number of ketones is 1. The van der Waals surface area contributed by atoms with E-state index in [0.29, 0.717) is 17.6 Å². The van der Waals surface area contributed by atoms with Crippen LogP contribution in [0.25, 0.3) is 0 Å². The molecule has 0 heterocycles. The van der Waals surface area contributed by atoms with Crippen LogP contribution in [0.3, 0.4) is 0 Å². The lowest BCUT2D eigenvalue weighted by Crippen LogP contribution is -2.14. The molecule has 1 fully saturated rings. The molecule has 0 spiro atoms. The van der Waals surface area contributed by atoms with Crippen molar-refractivity contribution in [1.29, 1.82) is 0 Å². The quantitative estimate of drug-likeness (QED) is 0.567. The Morgan fingerprint density at radius 2 is 2.40 bits per heavy atom. The summed E-state index contributed by atoms with van der Waals surface area (Å²) in [7, 11) is 0. The Hall–Kier alpha value is -0.0400. The van der Waals surface area contributed by atoms with Crippen LogP contribution in [0, 0.1) is 5.92 Å². The summed E-state index contributed by atoms with van der Waals surface area (Å²) in [5.41, 5.74) is 0. The average Bonchev–Trinajstić information content (AvgIpc) is 1.88. The van der Waals surface area contributed by atoms with Crippen molar-refractivity contribution in [2.24, 2.45) is 5.92 Å². The van der Waals surface area contributed by atoms with Crippen LogP contribution in [-0.4, -0.2) is 11.7 Å². The summed E-state index contributed by atoms with van der Waals surface area (Å²) in [5, 5.41) is 0. The van der Waals surface area contributed by atoms with Crippen LogP contribution in [-0.2, 0) is 4.79 Å². The number of Topliss-reactive ketones (excluding diaryl/α,β-unsaturated/α-hetero) is 1. The topological polar surface area (TPSA) is 17.1 Å². The lowest BCUT2D eigenvalue weighted by Gasteiger charge is -2.18. The molecule has 0 aromatic carbocycles. The molecular weight excluding hydrogens is 148 g/mol. The van der Waals surface area contributed by atoms with Crippen molar-refractivity contribution in [3.8, 4) is 0 Å². The summed E-state index contributed by atoms with van der Waals surface area (Å²) in [6, 6.07) is 0. The first-order valence-electron chi connectivity index (χ1n) is 3.90. The predicted molar refractivity (Wildman–Crippen MR) is 42.3 cm³/mol. The Kier molecular flexibility index (Phi) is 3.20. The minimum Gasteiger partial charge on any atom is -0.300 e. The first-order valence-corrected chi connectivity index (χ1v) is 4.44. The van der Waals surface area contributed by atoms with Crippen molar-refractivity contribution in [2.75, 3.05) is 5.88 Å². The Morgan fingerprint density at radius 3 is 3.00 bits per heavy atom. The van der Waals surface area contributed by atoms with E-state index in [1.165, 1.54) is 6.42 Å². The molecule has 0 aliphatic heterocycles. The van der Waals surface area contributed by atoms with E-state index in [1.54, 1.807) is 0 Å². The monoisotopic (exact) mass is 160 g/mol. The molecule has 0 bridgehead atoms. The Morgan fingerprint density at radius 1 is 1.60 bits per heavy atom. The van der Waals surface area contributed by atoms with Crippen LogP contribution in [0.2, 0.25) is 0 Å². The lowest BCUT2D eigenvalue weighted by atomic mass is 9.87. The highest BCUT2D eigenvalue weighted by atomic mass is 35.5. The van der Waals surface area contributed by atoms with Crippen molar-refractivity contribution in [3.63, 3.8) is 0 Å². The molecule has 0 saturated heterocycles. The molecule has 2 heteroatoms. The van der Waals surface area contributed by atoms with Gasteiger partial charge in [-0.05, 0) is 25.2 Å². The molecule has 1 aliphatic rings. The van der Waals surface area contributed by atoms with E-state index in [2.05, 4.69) is 0 Å². The van der Waals surface area contributed by atoms with Crippen molar-refractivity contribution in [2.45, 2.75) is 32.1 Å². The number of halogens is 1. The molecule has 1 atom stereocenters. The van der Waals surface area contributed by atoms with Gasteiger partial charge in [0.15, 0.2) is 0 Å². The maximum Gasteiger partial charge on any atom is 0.133 e. The van der Waals surface area contributed by atoms with Gasteiger partial charge in [-0.1, -0.05) is 0 Å². The fourth-order valence-corrected chi connectivity index (χ4v) is 1.82. The third kappa shape index (κ3) is 2.30. The fourth-order valence-electron chi connectivity index (χ4n) is 1.51. The van der Waals surface area contributed by atoms with E-state index in [0.717, 1.165) is 25.7 Å². The first kappa shape index (κ1) is 8.06. The highest BCUT2D eigenvalue weighted by Gasteiger charge is 2.18. The first-order chi connectivity index (χ1) is 4.83. The number of hydrogen-bond donors (Lipinski definition) is 0. The molecule has 0 aromatic heterocycles. The molecule has 1 saturated carbocycles. The molecule has 1 rings (SSSR count). The van der Waals surface area contributed by atoms with E-state index in [1.807, 2.05) is 0 Å². The standard InChI is InChI=1S/C8H13ClO/c9-5-4-7-2-1-3-8(10)6-7/h7H,1-6H2. The van der Waals surface area contributed by atoms with Gasteiger partial charge in [0.25, 0.3) is 0 Å². The van der Waals surface area contributed by atoms with Gasteiger partial charge in [0, 0.05) is 18.7 Å². The summed E-state index contributed by atoms with van der Waals surface area (Å²) in [5.74, 6) is 1.73. The fraction of sp³-hybridized carbons (Fsp3) is 0.875. The molecule has 0 aromatic rings. The number of hydrogen-bond acceptors (Lipinski definition) is 1. The molecule has 1 aliphatic carbocycles. The third-order valence-corrected chi connectivity index (χ3v) is 2.32. The van der Waals surface area contributed by atoms with Gasteiger partial charge in [0.2, 0.25) is 0 Å². The Balaban J connectivity index is 2.25. The van der Waals surface area contributed by atoms with E-state index >= 15 is 0 Å². The molecule has 0 amide bonds. The number of alkyl halides is 1. The van der Waals surface area contributed by atoms with Crippen molar-refractivity contribution in [3.05, 3.63) is 0 Å². The van der Waals surface area contributed by atoms with Crippen molar-refractivity contribution >= 4 is 17.4 Å². The number of rotatable bonds is 2. The Bertz CT molecular complexity index is 120. The van der Waals surface area contributed by atoms with Crippen molar-refractivity contribution in [1.82, 2.24) is 0 Å².